The molecule has 0 saturated carbocycles. The van der Waals surface area contributed by atoms with Crippen molar-refractivity contribution in [2.75, 3.05) is 39.9 Å². The molecule has 1 fully saturated rings. The van der Waals surface area contributed by atoms with E-state index in [0.717, 1.165) is 55.3 Å². The van der Waals surface area contributed by atoms with Gasteiger partial charge in [-0.1, -0.05) is 36.4 Å². The Hall–Kier alpha value is -2.53. The Kier molecular flexibility index (Phi) is 6.35. The van der Waals surface area contributed by atoms with Gasteiger partial charge in [0.2, 0.25) is 5.91 Å². The predicted octanol–water partition coefficient (Wildman–Crippen LogP) is 3.37. The molecule has 2 heterocycles. The van der Waals surface area contributed by atoms with Crippen LogP contribution >= 0.6 is 0 Å². The Morgan fingerprint density at radius 3 is 2.48 bits per heavy atom. The summed E-state index contributed by atoms with van der Waals surface area (Å²) in [5, 5.41) is 0. The molecule has 154 valence electrons. The van der Waals surface area contributed by atoms with Crippen molar-refractivity contribution in [3.05, 3.63) is 59.7 Å². The van der Waals surface area contributed by atoms with E-state index in [1.165, 1.54) is 5.56 Å². The van der Waals surface area contributed by atoms with Gasteiger partial charge in [0.15, 0.2) is 11.5 Å². The molecule has 0 atom stereocenters. The van der Waals surface area contributed by atoms with E-state index in [9.17, 15) is 4.79 Å². The van der Waals surface area contributed by atoms with Crippen molar-refractivity contribution in [2.24, 2.45) is 5.92 Å². The monoisotopic (exact) mass is 394 g/mol. The number of hydrogen-bond donors (Lipinski definition) is 0. The normalized spacial score (nSPS) is 17.1. The average molecular weight is 395 g/mol. The first kappa shape index (κ1) is 19.8. The van der Waals surface area contributed by atoms with E-state index in [0.29, 0.717) is 26.3 Å². The molecule has 2 aromatic carbocycles. The fourth-order valence-electron chi connectivity index (χ4n) is 4.16. The molecule has 29 heavy (non-hydrogen) atoms. The number of benzene rings is 2. The van der Waals surface area contributed by atoms with Crippen LogP contribution in [-0.4, -0.2) is 55.6 Å². The molecular formula is C24H30N2O3. The van der Waals surface area contributed by atoms with Gasteiger partial charge in [0, 0.05) is 13.6 Å². The molecule has 5 nitrogen and oxygen atoms in total. The smallest absolute Gasteiger partial charge is 0.236 e. The summed E-state index contributed by atoms with van der Waals surface area (Å²) >= 11 is 0. The van der Waals surface area contributed by atoms with Crippen LogP contribution < -0.4 is 9.47 Å². The number of hydrogen-bond acceptors (Lipinski definition) is 4. The maximum absolute atomic E-state index is 12.7. The maximum Gasteiger partial charge on any atom is 0.236 e. The third kappa shape index (κ3) is 5.30. The number of fused-ring (bicyclic) bond motifs is 1. The fourth-order valence-corrected chi connectivity index (χ4v) is 4.16. The lowest BCUT2D eigenvalue weighted by Gasteiger charge is -2.32. The summed E-state index contributed by atoms with van der Waals surface area (Å²) in [4.78, 5) is 16.8. The second kappa shape index (κ2) is 9.31. The maximum atomic E-state index is 12.7. The van der Waals surface area contributed by atoms with E-state index in [1.807, 2.05) is 30.1 Å². The van der Waals surface area contributed by atoms with Crippen molar-refractivity contribution in [2.45, 2.75) is 25.8 Å². The Morgan fingerprint density at radius 1 is 1.00 bits per heavy atom. The van der Waals surface area contributed by atoms with E-state index in [-0.39, 0.29) is 5.91 Å². The number of likely N-dealkylation sites (N-methyl/N-ethyl adjacent to an activating group) is 1. The quantitative estimate of drug-likeness (QED) is 0.753. The highest BCUT2D eigenvalue weighted by molar-refractivity contribution is 5.78. The van der Waals surface area contributed by atoms with E-state index < -0.39 is 0 Å². The number of ether oxygens (including phenoxy) is 2. The molecule has 2 aromatic rings. The van der Waals surface area contributed by atoms with Crippen LogP contribution in [0.4, 0.5) is 0 Å². The van der Waals surface area contributed by atoms with Gasteiger partial charge < -0.3 is 14.4 Å². The third-order valence-electron chi connectivity index (χ3n) is 5.89. The minimum absolute atomic E-state index is 0.168. The summed E-state index contributed by atoms with van der Waals surface area (Å²) < 4.78 is 11.2. The first-order valence-corrected chi connectivity index (χ1v) is 10.6. The molecule has 0 bridgehead atoms. The minimum Gasteiger partial charge on any atom is -0.486 e. The van der Waals surface area contributed by atoms with E-state index in [4.69, 9.17) is 9.47 Å². The van der Waals surface area contributed by atoms with Crippen molar-refractivity contribution >= 4 is 5.91 Å². The largest absolute Gasteiger partial charge is 0.486 e. The molecule has 0 radical (unpaired) electrons. The number of carbonyl (C=O) groups excluding carboxylic acids is 1. The zero-order valence-electron chi connectivity index (χ0n) is 17.2. The molecule has 2 aliphatic heterocycles. The Bertz CT molecular complexity index is 816. The van der Waals surface area contributed by atoms with Crippen LogP contribution in [0.1, 0.15) is 24.0 Å². The number of likely N-dealkylation sites (tertiary alicyclic amines) is 1. The number of nitrogens with zero attached hydrogens (tertiary/aromatic N) is 2. The van der Waals surface area contributed by atoms with Gasteiger partial charge >= 0.3 is 0 Å². The average Bonchev–Trinajstić information content (AvgIpc) is 2.76. The van der Waals surface area contributed by atoms with Gasteiger partial charge in [0.05, 0.1) is 6.54 Å². The molecule has 5 heteroatoms. The summed E-state index contributed by atoms with van der Waals surface area (Å²) in [6.07, 6.45) is 3.47. The van der Waals surface area contributed by atoms with Crippen molar-refractivity contribution in [1.29, 1.82) is 0 Å². The highest BCUT2D eigenvalue weighted by Crippen LogP contribution is 2.31. The van der Waals surface area contributed by atoms with Gasteiger partial charge in [0.25, 0.3) is 0 Å². The Labute approximate surface area is 173 Å². The summed E-state index contributed by atoms with van der Waals surface area (Å²) in [5.41, 5.74) is 2.48. The Balaban J connectivity index is 1.23. The molecule has 0 aliphatic carbocycles. The standard InChI is InChI=1S/C24H30N2O3/c1-25(17-21-7-8-22-23(16-21)29-14-13-28-22)24(27)18-26-11-9-20(10-12-26)15-19-5-3-2-4-6-19/h2-8,16,20H,9-15,17-18H2,1H3. The van der Waals surface area contributed by atoms with Crippen molar-refractivity contribution in [1.82, 2.24) is 9.80 Å². The SMILES string of the molecule is CN(Cc1ccc2c(c1)OCCO2)C(=O)CN1CCC(Cc2ccccc2)CC1. The molecule has 4 rings (SSSR count). The van der Waals surface area contributed by atoms with Gasteiger partial charge in [-0.05, 0) is 61.5 Å². The molecule has 1 saturated heterocycles. The zero-order chi connectivity index (χ0) is 20.1. The number of rotatable bonds is 6. The molecular weight excluding hydrogens is 364 g/mol. The number of carbonyl (C=O) groups is 1. The number of amides is 1. The van der Waals surface area contributed by atoms with Gasteiger partial charge in [-0.15, -0.1) is 0 Å². The molecule has 1 amide bonds. The third-order valence-corrected chi connectivity index (χ3v) is 5.89. The summed E-state index contributed by atoms with van der Waals surface area (Å²) in [6.45, 7) is 4.25. The minimum atomic E-state index is 0.168. The zero-order valence-corrected chi connectivity index (χ0v) is 17.2. The van der Waals surface area contributed by atoms with Crippen molar-refractivity contribution in [3.63, 3.8) is 0 Å². The van der Waals surface area contributed by atoms with Crippen molar-refractivity contribution in [3.8, 4) is 11.5 Å². The van der Waals surface area contributed by atoms with Gasteiger partial charge in [-0.3, -0.25) is 9.69 Å². The van der Waals surface area contributed by atoms with Crippen LogP contribution in [0.25, 0.3) is 0 Å². The van der Waals surface area contributed by atoms with E-state index in [1.54, 1.807) is 0 Å². The molecule has 0 unspecified atom stereocenters. The summed E-state index contributed by atoms with van der Waals surface area (Å²) in [7, 11) is 1.88. The van der Waals surface area contributed by atoms with Gasteiger partial charge in [0.1, 0.15) is 13.2 Å². The highest BCUT2D eigenvalue weighted by Gasteiger charge is 2.22. The fraction of sp³-hybridized carbons (Fsp3) is 0.458. The lowest BCUT2D eigenvalue weighted by atomic mass is 9.90. The highest BCUT2D eigenvalue weighted by atomic mass is 16.6. The van der Waals surface area contributed by atoms with Crippen LogP contribution in [0.3, 0.4) is 0 Å². The van der Waals surface area contributed by atoms with E-state index >= 15 is 0 Å². The first-order chi connectivity index (χ1) is 14.2. The second-order valence-corrected chi connectivity index (χ2v) is 8.14. The van der Waals surface area contributed by atoms with Crippen LogP contribution in [0.5, 0.6) is 11.5 Å². The topological polar surface area (TPSA) is 42.0 Å². The van der Waals surface area contributed by atoms with Crippen LogP contribution in [-0.2, 0) is 17.8 Å². The lowest BCUT2D eigenvalue weighted by Crippen LogP contribution is -2.42. The van der Waals surface area contributed by atoms with Gasteiger partial charge in [-0.2, -0.15) is 0 Å². The summed E-state index contributed by atoms with van der Waals surface area (Å²) in [6, 6.07) is 16.6. The number of piperidine rings is 1. The molecule has 0 spiro atoms. The Morgan fingerprint density at radius 2 is 1.72 bits per heavy atom. The van der Waals surface area contributed by atoms with Crippen LogP contribution in [0.15, 0.2) is 48.5 Å². The van der Waals surface area contributed by atoms with Crippen LogP contribution in [0.2, 0.25) is 0 Å². The van der Waals surface area contributed by atoms with Crippen LogP contribution in [0, 0.1) is 5.92 Å². The lowest BCUT2D eigenvalue weighted by molar-refractivity contribution is -0.132. The van der Waals surface area contributed by atoms with Gasteiger partial charge in [-0.25, -0.2) is 0 Å². The van der Waals surface area contributed by atoms with Crippen molar-refractivity contribution < 1.29 is 14.3 Å². The summed E-state index contributed by atoms with van der Waals surface area (Å²) in [5.74, 6) is 2.45. The molecule has 0 aromatic heterocycles. The second-order valence-electron chi connectivity index (χ2n) is 8.14. The molecule has 0 N–H and O–H groups in total. The molecule has 2 aliphatic rings. The first-order valence-electron chi connectivity index (χ1n) is 10.6. The van der Waals surface area contributed by atoms with E-state index in [2.05, 4.69) is 35.2 Å². The predicted molar refractivity (Wildman–Crippen MR) is 113 cm³/mol.